The van der Waals surface area contributed by atoms with Gasteiger partial charge < -0.3 is 24.1 Å². The number of hydrogen-bond donors (Lipinski definition) is 4. The van der Waals surface area contributed by atoms with Crippen LogP contribution in [0.3, 0.4) is 0 Å². The molecule has 4 rings (SSSR count). The fraction of sp³-hybridized carbons (Fsp3) is 0.286. The van der Waals surface area contributed by atoms with Crippen molar-refractivity contribution in [2.24, 2.45) is 0 Å². The van der Waals surface area contributed by atoms with Gasteiger partial charge in [-0.15, -0.1) is 0 Å². The van der Waals surface area contributed by atoms with Crippen molar-refractivity contribution in [2.45, 2.75) is 18.4 Å². The lowest BCUT2D eigenvalue weighted by atomic mass is 9.85. The number of likely N-dealkylation sites (N-methyl/N-ethyl adjacent to an activating group) is 1. The molecule has 0 radical (unpaired) electrons. The molecule has 0 spiro atoms. The number of piperidine rings is 1. The van der Waals surface area contributed by atoms with Crippen LogP contribution >= 0.6 is 19.4 Å². The minimum atomic E-state index is -5.09. The minimum Gasteiger partial charge on any atom is -0.507 e. The van der Waals surface area contributed by atoms with Crippen molar-refractivity contribution in [2.75, 3.05) is 20.1 Å². The summed E-state index contributed by atoms with van der Waals surface area (Å²) < 4.78 is 30.4. The van der Waals surface area contributed by atoms with Crippen LogP contribution in [0, 0.1) is 0 Å². The third kappa shape index (κ3) is 4.41. The topological polar surface area (TPSA) is 141 Å². The molecule has 32 heavy (non-hydrogen) atoms. The second-order valence-electron chi connectivity index (χ2n) is 7.58. The van der Waals surface area contributed by atoms with Crippen LogP contribution in [0.4, 0.5) is 0 Å². The van der Waals surface area contributed by atoms with E-state index < -0.39 is 43.3 Å². The quantitative estimate of drug-likeness (QED) is 0.413. The van der Waals surface area contributed by atoms with E-state index in [1.807, 2.05) is 0 Å². The van der Waals surface area contributed by atoms with E-state index in [1.54, 1.807) is 36.2 Å². The van der Waals surface area contributed by atoms with Crippen molar-refractivity contribution >= 4 is 30.4 Å². The number of hydrogen-bond acceptors (Lipinski definition) is 7. The number of β-amino-alcohol motifs (C(OH)–C–C–N with tert-alkyl or cyclic N) is 1. The average Bonchev–Trinajstić information content (AvgIpc) is 2.70. The number of phosphoric ester groups is 1. The summed E-state index contributed by atoms with van der Waals surface area (Å²) in [6, 6.07) is 8.60. The number of fused-ring (bicyclic) bond motifs is 1. The van der Waals surface area contributed by atoms with Crippen LogP contribution in [0.1, 0.15) is 19.3 Å². The number of aliphatic hydroxyl groups excluding tert-OH is 1. The molecule has 3 aromatic rings. The molecule has 4 N–H and O–H groups in total. The zero-order chi connectivity index (χ0) is 24.1. The van der Waals surface area contributed by atoms with E-state index in [9.17, 15) is 29.4 Å². The summed E-state index contributed by atoms with van der Waals surface area (Å²) in [7, 11) is -3.40. The molecule has 2 heterocycles. The van der Waals surface area contributed by atoms with Crippen molar-refractivity contribution < 1.29 is 34.9 Å². The Hall–Kier alpha value is -2.39. The zero-order valence-electron chi connectivity index (χ0n) is 17.8. The van der Waals surface area contributed by atoms with Gasteiger partial charge in [0.25, 0.3) is 0 Å². The summed E-state index contributed by atoms with van der Waals surface area (Å²) in [5.74, 6) is -1.80. The van der Waals surface area contributed by atoms with Crippen molar-refractivity contribution in [3.05, 3.63) is 57.2 Å². The summed E-state index contributed by atoms with van der Waals surface area (Å²) >= 11 is 6.25. The minimum absolute atomic E-state index is 0.0481. The third-order valence-electron chi connectivity index (χ3n) is 5.32. The number of halogens is 1. The number of phenolic OH excluding ortho intramolecular Hbond substituents is 1. The largest absolute Gasteiger partial charge is 0.524 e. The van der Waals surface area contributed by atoms with E-state index in [4.69, 9.17) is 17.4 Å². The highest BCUT2D eigenvalue weighted by Crippen LogP contribution is 2.47. The van der Waals surface area contributed by atoms with Crippen LogP contribution in [0.25, 0.3) is 22.3 Å². The van der Waals surface area contributed by atoms with Crippen LogP contribution in [0.5, 0.6) is 11.5 Å². The summed E-state index contributed by atoms with van der Waals surface area (Å²) in [5.41, 5.74) is -0.471. The summed E-state index contributed by atoms with van der Waals surface area (Å²) in [4.78, 5) is 33.3. The molecule has 11 heteroatoms. The second-order valence-corrected chi connectivity index (χ2v) is 9.15. The molecule has 1 aromatic heterocycles. The van der Waals surface area contributed by atoms with Gasteiger partial charge in [0.1, 0.15) is 28.2 Å². The van der Waals surface area contributed by atoms with Crippen LogP contribution < -0.4 is 9.95 Å². The number of nitrogens with zero attached hydrogens (tertiary/aromatic N) is 1. The first-order chi connectivity index (χ1) is 15.5. The summed E-state index contributed by atoms with van der Waals surface area (Å²) in [6.07, 6.45) is -0.896. The van der Waals surface area contributed by atoms with Gasteiger partial charge in [-0.3, -0.25) is 14.6 Å². The molecule has 1 aliphatic rings. The molecular weight excluding hydrogens is 461 g/mol. The van der Waals surface area contributed by atoms with Gasteiger partial charge in [0.2, 0.25) is 0 Å². The van der Waals surface area contributed by atoms with Crippen LogP contribution in [0.15, 0.2) is 45.6 Å². The van der Waals surface area contributed by atoms with E-state index in [-0.39, 0.29) is 35.3 Å². The molecule has 0 aliphatic carbocycles. The molecule has 0 bridgehead atoms. The maximum Gasteiger partial charge on any atom is 0.524 e. The predicted octanol–water partition coefficient (Wildman–Crippen LogP) is 3.07. The monoisotopic (exact) mass is 482 g/mol. The molecule has 9 nitrogen and oxygen atoms in total. The molecule has 1 aliphatic heterocycles. The summed E-state index contributed by atoms with van der Waals surface area (Å²) in [5, 5.41) is 21.5. The maximum atomic E-state index is 13.1. The van der Waals surface area contributed by atoms with Gasteiger partial charge in [0, 0.05) is 37.1 Å². The molecule has 3 unspecified atom stereocenters. The van der Waals surface area contributed by atoms with Crippen molar-refractivity contribution in [3.8, 4) is 22.8 Å². The lowest BCUT2D eigenvalue weighted by molar-refractivity contribution is 0.0630. The van der Waals surface area contributed by atoms with Gasteiger partial charge in [0.15, 0.2) is 5.43 Å². The fourth-order valence-electron chi connectivity index (χ4n) is 3.92. The average molecular weight is 483 g/mol. The third-order valence-corrected chi connectivity index (χ3v) is 6.08. The lowest BCUT2D eigenvalue weighted by Gasteiger charge is -2.34. The lowest BCUT2D eigenvalue weighted by Crippen LogP contribution is -2.40. The Morgan fingerprint density at radius 1 is 1.31 bits per heavy atom. The van der Waals surface area contributed by atoms with Gasteiger partial charge in [-0.2, -0.15) is 0 Å². The maximum absolute atomic E-state index is 13.1. The van der Waals surface area contributed by atoms with Crippen LogP contribution in [0.2, 0.25) is 5.02 Å². The second kappa shape index (κ2) is 8.51. The molecule has 3 atom stereocenters. The van der Waals surface area contributed by atoms with Gasteiger partial charge >= 0.3 is 7.82 Å². The van der Waals surface area contributed by atoms with Crippen molar-refractivity contribution in [3.63, 3.8) is 0 Å². The van der Waals surface area contributed by atoms with E-state index >= 15 is 0 Å². The SMILES string of the molecule is [2H]C1CC(c2c(O)cc(OP(=O)(O)O)c3c(=O)cc(-c4ccccc4Cl)oc23)C(O)CN1C. The first kappa shape index (κ1) is 21.5. The molecular formula is C21H21ClNO8P. The van der Waals surface area contributed by atoms with E-state index in [0.29, 0.717) is 10.6 Å². The van der Waals surface area contributed by atoms with Crippen molar-refractivity contribution in [1.82, 2.24) is 4.90 Å². The first-order valence-electron chi connectivity index (χ1n) is 10.2. The zero-order valence-corrected chi connectivity index (χ0v) is 18.5. The number of benzene rings is 2. The number of likely N-dealkylation sites (tertiary alicyclic amines) is 1. The highest BCUT2D eigenvalue weighted by atomic mass is 35.5. The summed E-state index contributed by atoms with van der Waals surface area (Å²) in [6.45, 7) is -0.563. The number of phosphoric acid groups is 1. The number of aliphatic hydroxyl groups is 1. The number of phenols is 1. The Balaban J connectivity index is 2.04. The van der Waals surface area contributed by atoms with Crippen LogP contribution in [-0.2, 0) is 4.57 Å². The van der Waals surface area contributed by atoms with Gasteiger partial charge in [-0.1, -0.05) is 23.7 Å². The fourth-order valence-corrected chi connectivity index (χ4v) is 4.55. The van der Waals surface area contributed by atoms with E-state index in [0.717, 1.165) is 12.1 Å². The Morgan fingerprint density at radius 3 is 2.72 bits per heavy atom. The number of rotatable bonds is 4. The Labute approximate surface area is 189 Å². The Morgan fingerprint density at radius 2 is 2.03 bits per heavy atom. The first-order valence-corrected chi connectivity index (χ1v) is 11.5. The van der Waals surface area contributed by atoms with Crippen LogP contribution in [-0.4, -0.2) is 51.1 Å². The van der Waals surface area contributed by atoms with Gasteiger partial charge in [-0.05, 0) is 32.1 Å². The standard InChI is InChI=1S/C21H21ClNO8P/c1-23-7-6-12(16(26)10-23)19-14(24)9-18(31-32(27,28)29)20-15(25)8-17(30-21(19)20)11-4-2-3-5-13(11)22/h2-5,8-9,12,16,24,26H,6-7,10H2,1H3,(H2,27,28,29)/i7D. The van der Waals surface area contributed by atoms with E-state index in [2.05, 4.69) is 4.52 Å². The Bertz CT molecular complexity index is 1330. The molecule has 1 saturated heterocycles. The van der Waals surface area contributed by atoms with Gasteiger partial charge in [0.05, 0.1) is 11.1 Å². The smallest absolute Gasteiger partial charge is 0.507 e. The normalized spacial score (nSPS) is 22.7. The highest BCUT2D eigenvalue weighted by molar-refractivity contribution is 7.46. The molecule has 0 saturated carbocycles. The van der Waals surface area contributed by atoms with Gasteiger partial charge in [-0.25, -0.2) is 4.57 Å². The predicted molar refractivity (Wildman–Crippen MR) is 118 cm³/mol. The molecule has 0 amide bonds. The van der Waals surface area contributed by atoms with E-state index in [1.165, 1.54) is 0 Å². The molecule has 2 aromatic carbocycles. The highest BCUT2D eigenvalue weighted by Gasteiger charge is 2.34. The Kier molecular flexibility index (Phi) is 5.71. The van der Waals surface area contributed by atoms with Crippen molar-refractivity contribution in [1.29, 1.82) is 0 Å². The molecule has 1 fully saturated rings. The number of aromatic hydroxyl groups is 1. The molecule has 170 valence electrons.